The quantitative estimate of drug-likeness (QED) is 0.721. The molecule has 0 radical (unpaired) electrons. The molecular formula is C20H13F2NO3. The van der Waals surface area contributed by atoms with Gasteiger partial charge in [-0.3, -0.25) is 4.79 Å². The highest BCUT2D eigenvalue weighted by molar-refractivity contribution is 6.08. The van der Waals surface area contributed by atoms with Crippen LogP contribution in [0.4, 0.5) is 14.5 Å². The summed E-state index contributed by atoms with van der Waals surface area (Å²) in [5.41, 5.74) is 0.810. The molecule has 3 aromatic carbocycles. The van der Waals surface area contributed by atoms with E-state index in [0.717, 1.165) is 12.1 Å². The molecular weight excluding hydrogens is 340 g/mol. The summed E-state index contributed by atoms with van der Waals surface area (Å²) >= 11 is 0. The summed E-state index contributed by atoms with van der Waals surface area (Å²) in [6.07, 6.45) is 0. The molecule has 6 heteroatoms. The van der Waals surface area contributed by atoms with Crippen LogP contribution in [0.15, 0.2) is 66.7 Å². The predicted molar refractivity (Wildman–Crippen MR) is 93.1 cm³/mol. The number of nitrogens with one attached hydrogen (secondary N) is 1. The lowest BCUT2D eigenvalue weighted by Gasteiger charge is -2.12. The first-order valence-corrected chi connectivity index (χ1v) is 7.65. The van der Waals surface area contributed by atoms with Crippen LogP contribution in [0.5, 0.6) is 0 Å². The number of carbonyl (C=O) groups is 2. The van der Waals surface area contributed by atoms with E-state index in [0.29, 0.717) is 5.69 Å². The number of carbonyl (C=O) groups excluding carboxylic acids is 1. The van der Waals surface area contributed by atoms with E-state index in [1.165, 1.54) is 48.5 Å². The maximum atomic E-state index is 14.1. The van der Waals surface area contributed by atoms with Crippen LogP contribution in [0.2, 0.25) is 0 Å². The monoisotopic (exact) mass is 353 g/mol. The maximum Gasteiger partial charge on any atom is 0.335 e. The highest BCUT2D eigenvalue weighted by atomic mass is 19.1. The van der Waals surface area contributed by atoms with Crippen molar-refractivity contribution in [2.24, 2.45) is 0 Å². The van der Waals surface area contributed by atoms with Crippen molar-refractivity contribution in [3.63, 3.8) is 0 Å². The van der Waals surface area contributed by atoms with Gasteiger partial charge in [0, 0.05) is 11.3 Å². The van der Waals surface area contributed by atoms with E-state index in [-0.39, 0.29) is 22.3 Å². The number of amides is 1. The van der Waals surface area contributed by atoms with Crippen molar-refractivity contribution in [1.29, 1.82) is 0 Å². The van der Waals surface area contributed by atoms with E-state index in [2.05, 4.69) is 5.32 Å². The van der Waals surface area contributed by atoms with Gasteiger partial charge in [0.1, 0.15) is 11.6 Å². The van der Waals surface area contributed by atoms with Gasteiger partial charge in [0.05, 0.1) is 11.1 Å². The minimum Gasteiger partial charge on any atom is -0.478 e. The van der Waals surface area contributed by atoms with Crippen molar-refractivity contribution in [1.82, 2.24) is 0 Å². The Labute approximate surface area is 147 Å². The first-order valence-electron chi connectivity index (χ1n) is 7.65. The minimum absolute atomic E-state index is 0.0302. The van der Waals surface area contributed by atoms with Gasteiger partial charge in [-0.2, -0.15) is 0 Å². The minimum atomic E-state index is -1.09. The highest BCUT2D eigenvalue weighted by Gasteiger charge is 2.17. The summed E-state index contributed by atoms with van der Waals surface area (Å²) in [5, 5.41) is 11.5. The Kier molecular flexibility index (Phi) is 4.75. The summed E-state index contributed by atoms with van der Waals surface area (Å²) in [7, 11) is 0. The molecule has 3 rings (SSSR count). The zero-order valence-corrected chi connectivity index (χ0v) is 13.4. The Morgan fingerprint density at radius 3 is 2.19 bits per heavy atom. The van der Waals surface area contributed by atoms with Gasteiger partial charge in [-0.05, 0) is 48.0 Å². The van der Waals surface area contributed by atoms with E-state index in [4.69, 9.17) is 5.11 Å². The molecule has 0 aliphatic heterocycles. The van der Waals surface area contributed by atoms with Crippen molar-refractivity contribution >= 4 is 17.6 Å². The normalized spacial score (nSPS) is 10.4. The van der Waals surface area contributed by atoms with Gasteiger partial charge in [0.15, 0.2) is 0 Å². The molecule has 0 aliphatic carbocycles. The summed E-state index contributed by atoms with van der Waals surface area (Å²) in [4.78, 5) is 23.4. The second-order valence-corrected chi connectivity index (χ2v) is 5.51. The Morgan fingerprint density at radius 2 is 1.54 bits per heavy atom. The molecule has 0 heterocycles. The summed E-state index contributed by atoms with van der Waals surface area (Å²) in [5.74, 6) is -2.88. The van der Waals surface area contributed by atoms with Gasteiger partial charge in [0.2, 0.25) is 0 Å². The van der Waals surface area contributed by atoms with E-state index in [1.54, 1.807) is 6.07 Å². The van der Waals surface area contributed by atoms with Crippen LogP contribution in [-0.2, 0) is 0 Å². The molecule has 0 aliphatic rings. The molecule has 0 unspecified atom stereocenters. The molecule has 0 saturated heterocycles. The molecule has 0 saturated carbocycles. The Hall–Kier alpha value is -3.54. The number of rotatable bonds is 4. The van der Waals surface area contributed by atoms with Crippen molar-refractivity contribution in [2.45, 2.75) is 0 Å². The first kappa shape index (κ1) is 17.3. The molecule has 4 nitrogen and oxygen atoms in total. The molecule has 3 aromatic rings. The number of hydrogen-bond donors (Lipinski definition) is 2. The standard InChI is InChI=1S/C20H13F2NO3/c21-13-7-10-15(16-3-1-2-4-18(16)22)17(11-13)19(24)23-14-8-5-12(6-9-14)20(25)26/h1-11H,(H,23,24)(H,25,26). The second-order valence-electron chi connectivity index (χ2n) is 5.51. The van der Waals surface area contributed by atoms with Gasteiger partial charge < -0.3 is 10.4 Å². The second kappa shape index (κ2) is 7.14. The Balaban J connectivity index is 1.95. The molecule has 1 amide bonds. The van der Waals surface area contributed by atoms with Crippen LogP contribution in [0.3, 0.4) is 0 Å². The lowest BCUT2D eigenvalue weighted by atomic mass is 9.98. The third-order valence-electron chi connectivity index (χ3n) is 3.78. The number of benzene rings is 3. The SMILES string of the molecule is O=C(O)c1ccc(NC(=O)c2cc(F)ccc2-c2ccccc2F)cc1. The van der Waals surface area contributed by atoms with E-state index >= 15 is 0 Å². The van der Waals surface area contributed by atoms with Crippen LogP contribution in [-0.4, -0.2) is 17.0 Å². The summed E-state index contributed by atoms with van der Waals surface area (Å²) < 4.78 is 27.8. The van der Waals surface area contributed by atoms with Crippen molar-refractivity contribution in [2.75, 3.05) is 5.32 Å². The summed E-state index contributed by atoms with van der Waals surface area (Å²) in [6.45, 7) is 0. The number of carboxylic acid groups (broad SMARTS) is 1. The Bertz CT molecular complexity index is 985. The largest absolute Gasteiger partial charge is 0.478 e. The van der Waals surface area contributed by atoms with Gasteiger partial charge in [-0.25, -0.2) is 13.6 Å². The van der Waals surface area contributed by atoms with Gasteiger partial charge in [-0.1, -0.05) is 24.3 Å². The van der Waals surface area contributed by atoms with E-state index in [9.17, 15) is 18.4 Å². The fraction of sp³-hybridized carbons (Fsp3) is 0. The number of hydrogen-bond acceptors (Lipinski definition) is 2. The molecule has 0 spiro atoms. The van der Waals surface area contributed by atoms with Crippen LogP contribution in [0.1, 0.15) is 20.7 Å². The molecule has 0 fully saturated rings. The van der Waals surface area contributed by atoms with Crippen molar-refractivity contribution in [3.8, 4) is 11.1 Å². The van der Waals surface area contributed by atoms with Crippen LogP contribution in [0, 0.1) is 11.6 Å². The van der Waals surface area contributed by atoms with Gasteiger partial charge in [0.25, 0.3) is 5.91 Å². The molecule has 26 heavy (non-hydrogen) atoms. The molecule has 0 atom stereocenters. The highest BCUT2D eigenvalue weighted by Crippen LogP contribution is 2.27. The third kappa shape index (κ3) is 3.59. The van der Waals surface area contributed by atoms with E-state index < -0.39 is 23.5 Å². The van der Waals surface area contributed by atoms with Crippen molar-refractivity contribution in [3.05, 3.63) is 89.5 Å². The fourth-order valence-electron chi connectivity index (χ4n) is 2.51. The topological polar surface area (TPSA) is 66.4 Å². The number of halogens is 2. The van der Waals surface area contributed by atoms with Gasteiger partial charge >= 0.3 is 5.97 Å². The van der Waals surface area contributed by atoms with Crippen molar-refractivity contribution < 1.29 is 23.5 Å². The lowest BCUT2D eigenvalue weighted by Crippen LogP contribution is -2.14. The molecule has 0 aromatic heterocycles. The van der Waals surface area contributed by atoms with Crippen LogP contribution < -0.4 is 5.32 Å². The smallest absolute Gasteiger partial charge is 0.335 e. The zero-order chi connectivity index (χ0) is 18.7. The molecule has 130 valence electrons. The zero-order valence-electron chi connectivity index (χ0n) is 13.4. The third-order valence-corrected chi connectivity index (χ3v) is 3.78. The summed E-state index contributed by atoms with van der Waals surface area (Å²) in [6, 6.07) is 14.9. The number of carboxylic acids is 1. The molecule has 2 N–H and O–H groups in total. The maximum absolute atomic E-state index is 14.1. The average Bonchev–Trinajstić information content (AvgIpc) is 2.63. The van der Waals surface area contributed by atoms with Crippen LogP contribution >= 0.6 is 0 Å². The number of aromatic carboxylic acids is 1. The van der Waals surface area contributed by atoms with E-state index in [1.807, 2.05) is 0 Å². The Morgan fingerprint density at radius 1 is 0.846 bits per heavy atom. The van der Waals surface area contributed by atoms with Gasteiger partial charge in [-0.15, -0.1) is 0 Å². The first-order chi connectivity index (χ1) is 12.5. The average molecular weight is 353 g/mol. The molecule has 0 bridgehead atoms. The fourth-order valence-corrected chi connectivity index (χ4v) is 2.51. The lowest BCUT2D eigenvalue weighted by molar-refractivity contribution is 0.0696. The number of anilines is 1. The van der Waals surface area contributed by atoms with Crippen LogP contribution in [0.25, 0.3) is 11.1 Å². The predicted octanol–water partition coefficient (Wildman–Crippen LogP) is 4.58.